The number of halogens is 2. The Hall–Kier alpha value is -1.31. The van der Waals surface area contributed by atoms with Gasteiger partial charge in [-0.1, -0.05) is 5.16 Å². The summed E-state index contributed by atoms with van der Waals surface area (Å²) in [5.41, 5.74) is 6.39. The third-order valence-electron chi connectivity index (χ3n) is 2.54. The molecule has 1 aromatic heterocycles. The fourth-order valence-electron chi connectivity index (χ4n) is 1.53. The maximum atomic E-state index is 13.3. The van der Waals surface area contributed by atoms with Crippen LogP contribution < -0.4 is 5.73 Å². The minimum Gasteiger partial charge on any atom is -0.377 e. The summed E-state index contributed by atoms with van der Waals surface area (Å²) in [6.45, 7) is 4.12. The van der Waals surface area contributed by atoms with Crippen LogP contribution in [-0.4, -0.2) is 22.9 Å². The van der Waals surface area contributed by atoms with Crippen molar-refractivity contribution in [3.63, 3.8) is 0 Å². The largest absolute Gasteiger partial charge is 0.377 e. The molecule has 5 nitrogen and oxygen atoms in total. The number of aromatic nitrogens is 2. The Morgan fingerprint density at radius 2 is 2.20 bits per heavy atom. The van der Waals surface area contributed by atoms with Crippen LogP contribution in [0.3, 0.4) is 0 Å². The Kier molecular flexibility index (Phi) is 4.85. The van der Waals surface area contributed by atoms with E-state index in [1.807, 2.05) is 13.8 Å². The minimum absolute atomic E-state index is 0.0739. The second-order valence-corrected chi connectivity index (χ2v) is 5.42. The fraction of sp³-hybridized carbons (Fsp3) is 0.385. The molecule has 0 fully saturated rings. The SMILES string of the molecule is CC(C)OCC(N)c1noc(-c2cc(F)ccc2Br)n1. The first-order valence-electron chi connectivity index (χ1n) is 6.13. The first kappa shape index (κ1) is 15.1. The Balaban J connectivity index is 2.18. The summed E-state index contributed by atoms with van der Waals surface area (Å²) in [6.07, 6.45) is 0.0739. The van der Waals surface area contributed by atoms with Gasteiger partial charge in [0.1, 0.15) is 5.82 Å². The smallest absolute Gasteiger partial charge is 0.259 e. The third kappa shape index (κ3) is 3.62. The van der Waals surface area contributed by atoms with Crippen molar-refractivity contribution in [2.45, 2.75) is 26.0 Å². The highest BCUT2D eigenvalue weighted by Crippen LogP contribution is 2.28. The molecule has 2 aromatic rings. The monoisotopic (exact) mass is 343 g/mol. The number of ether oxygens (including phenoxy) is 1. The van der Waals surface area contributed by atoms with Crippen LogP contribution in [0.4, 0.5) is 4.39 Å². The molecule has 2 N–H and O–H groups in total. The molecule has 0 radical (unpaired) electrons. The third-order valence-corrected chi connectivity index (χ3v) is 3.23. The molecular formula is C13H15BrFN3O2. The van der Waals surface area contributed by atoms with Gasteiger partial charge in [0.05, 0.1) is 24.3 Å². The molecule has 7 heteroatoms. The lowest BCUT2D eigenvalue weighted by Gasteiger charge is -2.10. The summed E-state index contributed by atoms with van der Waals surface area (Å²) in [5, 5.41) is 3.81. The van der Waals surface area contributed by atoms with Crippen molar-refractivity contribution in [1.29, 1.82) is 0 Å². The molecule has 108 valence electrons. The van der Waals surface area contributed by atoms with Gasteiger partial charge in [-0.05, 0) is 48.0 Å². The standard InChI is InChI=1S/C13H15BrFN3O2/c1-7(2)19-6-11(16)12-17-13(20-18-12)9-5-8(15)3-4-10(9)14/h3-5,7,11H,6,16H2,1-2H3. The first-order valence-corrected chi connectivity index (χ1v) is 6.93. The molecule has 2 rings (SSSR count). The highest BCUT2D eigenvalue weighted by Gasteiger charge is 2.18. The van der Waals surface area contributed by atoms with Gasteiger partial charge in [0, 0.05) is 4.47 Å². The normalized spacial score (nSPS) is 12.9. The lowest BCUT2D eigenvalue weighted by molar-refractivity contribution is 0.0665. The van der Waals surface area contributed by atoms with Crippen LogP contribution in [0.15, 0.2) is 27.2 Å². The van der Waals surface area contributed by atoms with Crippen molar-refractivity contribution < 1.29 is 13.7 Å². The van der Waals surface area contributed by atoms with Crippen LogP contribution in [0.5, 0.6) is 0 Å². The van der Waals surface area contributed by atoms with Crippen molar-refractivity contribution in [2.75, 3.05) is 6.61 Å². The lowest BCUT2D eigenvalue weighted by atomic mass is 10.2. The summed E-state index contributed by atoms with van der Waals surface area (Å²) in [5.74, 6) is 0.165. The van der Waals surface area contributed by atoms with Crippen LogP contribution >= 0.6 is 15.9 Å². The Morgan fingerprint density at radius 3 is 2.90 bits per heavy atom. The van der Waals surface area contributed by atoms with Crippen LogP contribution in [0.25, 0.3) is 11.5 Å². The van der Waals surface area contributed by atoms with E-state index < -0.39 is 6.04 Å². The van der Waals surface area contributed by atoms with E-state index in [1.54, 1.807) is 6.07 Å². The van der Waals surface area contributed by atoms with Gasteiger partial charge in [0.2, 0.25) is 0 Å². The number of hydrogen-bond acceptors (Lipinski definition) is 5. The zero-order valence-corrected chi connectivity index (χ0v) is 12.7. The molecule has 0 spiro atoms. The van der Waals surface area contributed by atoms with Gasteiger partial charge in [0.25, 0.3) is 5.89 Å². The van der Waals surface area contributed by atoms with Gasteiger partial charge in [-0.2, -0.15) is 4.98 Å². The number of hydrogen-bond donors (Lipinski definition) is 1. The number of benzene rings is 1. The molecule has 0 aliphatic heterocycles. The molecule has 1 unspecified atom stereocenters. The van der Waals surface area contributed by atoms with Crippen molar-refractivity contribution >= 4 is 15.9 Å². The molecule has 0 amide bonds. The molecule has 0 saturated heterocycles. The van der Waals surface area contributed by atoms with Crippen molar-refractivity contribution in [2.24, 2.45) is 5.73 Å². The highest BCUT2D eigenvalue weighted by atomic mass is 79.9. The Bertz CT molecular complexity index is 589. The molecule has 1 heterocycles. The van der Waals surface area contributed by atoms with Crippen LogP contribution in [0, 0.1) is 5.82 Å². The van der Waals surface area contributed by atoms with Gasteiger partial charge in [-0.15, -0.1) is 0 Å². The van der Waals surface area contributed by atoms with Gasteiger partial charge in [-0.3, -0.25) is 0 Å². The second-order valence-electron chi connectivity index (χ2n) is 4.57. The molecule has 1 atom stereocenters. The zero-order chi connectivity index (χ0) is 14.7. The van der Waals surface area contributed by atoms with E-state index in [1.165, 1.54) is 12.1 Å². The van der Waals surface area contributed by atoms with E-state index >= 15 is 0 Å². The highest BCUT2D eigenvalue weighted by molar-refractivity contribution is 9.10. The maximum Gasteiger partial charge on any atom is 0.259 e. The van der Waals surface area contributed by atoms with Crippen LogP contribution in [0.1, 0.15) is 25.7 Å². The summed E-state index contributed by atoms with van der Waals surface area (Å²) in [4.78, 5) is 4.18. The molecule has 1 aromatic carbocycles. The average molecular weight is 344 g/mol. The predicted octanol–water partition coefficient (Wildman–Crippen LogP) is 3.06. The Morgan fingerprint density at radius 1 is 1.45 bits per heavy atom. The topological polar surface area (TPSA) is 74.2 Å². The summed E-state index contributed by atoms with van der Waals surface area (Å²) in [7, 11) is 0. The second kappa shape index (κ2) is 6.43. The zero-order valence-electron chi connectivity index (χ0n) is 11.1. The van der Waals surface area contributed by atoms with Crippen molar-refractivity contribution in [3.8, 4) is 11.5 Å². The Labute approximate surface area is 124 Å². The lowest BCUT2D eigenvalue weighted by Crippen LogP contribution is -2.20. The molecule has 0 aliphatic carbocycles. The molecule has 0 saturated carbocycles. The summed E-state index contributed by atoms with van der Waals surface area (Å²) in [6, 6.07) is 3.75. The van der Waals surface area contributed by atoms with Crippen molar-refractivity contribution in [1.82, 2.24) is 10.1 Å². The number of rotatable bonds is 5. The number of nitrogens with zero attached hydrogens (tertiary/aromatic N) is 2. The average Bonchev–Trinajstić information content (AvgIpc) is 2.88. The molecule has 20 heavy (non-hydrogen) atoms. The van der Waals surface area contributed by atoms with E-state index in [4.69, 9.17) is 15.0 Å². The van der Waals surface area contributed by atoms with Gasteiger partial charge in [0.15, 0.2) is 5.82 Å². The van der Waals surface area contributed by atoms with Gasteiger partial charge in [-0.25, -0.2) is 4.39 Å². The summed E-state index contributed by atoms with van der Waals surface area (Å²) >= 11 is 3.31. The van der Waals surface area contributed by atoms with Gasteiger partial charge < -0.3 is 15.0 Å². The van der Waals surface area contributed by atoms with Gasteiger partial charge >= 0.3 is 0 Å². The molecule has 0 aliphatic rings. The van der Waals surface area contributed by atoms with E-state index in [2.05, 4.69) is 26.1 Å². The van der Waals surface area contributed by atoms with Crippen LogP contribution in [0.2, 0.25) is 0 Å². The molecule has 0 bridgehead atoms. The minimum atomic E-state index is -0.484. The van der Waals surface area contributed by atoms with E-state index in [9.17, 15) is 4.39 Å². The van der Waals surface area contributed by atoms with E-state index in [0.717, 1.165) is 0 Å². The number of nitrogens with two attached hydrogens (primary N) is 1. The summed E-state index contributed by atoms with van der Waals surface area (Å²) < 4.78 is 24.4. The van der Waals surface area contributed by atoms with Crippen LogP contribution in [-0.2, 0) is 4.74 Å². The predicted molar refractivity (Wildman–Crippen MR) is 75.4 cm³/mol. The van der Waals surface area contributed by atoms with Crippen molar-refractivity contribution in [3.05, 3.63) is 34.3 Å². The van der Waals surface area contributed by atoms with E-state index in [0.29, 0.717) is 22.5 Å². The van der Waals surface area contributed by atoms with E-state index in [-0.39, 0.29) is 17.8 Å². The maximum absolute atomic E-state index is 13.3. The molecular weight excluding hydrogens is 329 g/mol. The first-order chi connectivity index (χ1) is 9.47. The fourth-order valence-corrected chi connectivity index (χ4v) is 1.94. The quantitative estimate of drug-likeness (QED) is 0.902.